The SMILES string of the molecule is CC[S@](=O)(=Nc1cc2ncnc(Nc3ccc(F)cc3O[C@H]3COC[C@@H]3O)c2c(I)c1C)C(I)(I)I. The van der Waals surface area contributed by atoms with Crippen LogP contribution in [0, 0.1) is 16.3 Å². The fraction of sp³-hybridized carbons (Fsp3) is 0.364. The van der Waals surface area contributed by atoms with E-state index in [9.17, 15) is 13.7 Å². The van der Waals surface area contributed by atoms with Crippen molar-refractivity contribution in [2.45, 2.75) is 24.8 Å². The summed E-state index contributed by atoms with van der Waals surface area (Å²) in [6.07, 6.45) is 0.0290. The van der Waals surface area contributed by atoms with E-state index in [1.54, 1.807) is 6.07 Å². The average Bonchev–Trinajstić information content (AvgIpc) is 3.22. The zero-order valence-corrected chi connectivity index (χ0v) is 28.4. The number of nitrogens with one attached hydrogen (secondary N) is 1. The van der Waals surface area contributed by atoms with Gasteiger partial charge in [0.05, 0.1) is 45.2 Å². The molecule has 0 saturated carbocycles. The first kappa shape index (κ1) is 29.1. The van der Waals surface area contributed by atoms with E-state index in [-0.39, 0.29) is 19.0 Å². The Bertz CT molecular complexity index is 1430. The largest absolute Gasteiger partial charge is 0.483 e. The number of ether oxygens (including phenoxy) is 2. The molecule has 2 heterocycles. The Morgan fingerprint density at radius 2 is 2.06 bits per heavy atom. The zero-order chi connectivity index (χ0) is 26.3. The summed E-state index contributed by atoms with van der Waals surface area (Å²) in [6, 6.07) is 5.95. The van der Waals surface area contributed by atoms with Crippen molar-refractivity contribution < 1.29 is 23.2 Å². The van der Waals surface area contributed by atoms with E-state index in [0.717, 1.165) is 14.5 Å². The number of fused-ring (bicyclic) bond motifs is 1. The minimum atomic E-state index is -2.55. The molecule has 3 aromatic rings. The predicted octanol–water partition coefficient (Wildman–Crippen LogP) is 6.60. The number of nitrogens with zero attached hydrogens (tertiary/aromatic N) is 3. The topological polar surface area (TPSA) is 106 Å². The van der Waals surface area contributed by atoms with E-state index in [1.165, 1.54) is 18.5 Å². The Labute approximate surface area is 263 Å². The summed E-state index contributed by atoms with van der Waals surface area (Å²) in [5.74, 6) is 0.686. The van der Waals surface area contributed by atoms with Crippen LogP contribution in [0.25, 0.3) is 10.9 Å². The van der Waals surface area contributed by atoms with E-state index in [0.29, 0.717) is 28.5 Å². The molecule has 0 spiro atoms. The Kier molecular flexibility index (Phi) is 9.44. The Morgan fingerprint density at radius 3 is 2.69 bits per heavy atom. The normalized spacial score (nSPS) is 19.8. The number of aromatic nitrogens is 2. The molecule has 1 aliphatic rings. The van der Waals surface area contributed by atoms with Gasteiger partial charge in [-0.05, 0) is 121 Å². The number of aliphatic hydroxyl groups is 1. The lowest BCUT2D eigenvalue weighted by Gasteiger charge is -2.20. The van der Waals surface area contributed by atoms with Crippen molar-refractivity contribution in [3.8, 4) is 5.75 Å². The van der Waals surface area contributed by atoms with Crippen LogP contribution in [0.3, 0.4) is 0 Å². The minimum absolute atomic E-state index is 0.169. The van der Waals surface area contributed by atoms with Crippen molar-refractivity contribution in [3.63, 3.8) is 0 Å². The molecule has 1 aliphatic heterocycles. The molecule has 2 aromatic carbocycles. The zero-order valence-electron chi connectivity index (χ0n) is 19.0. The molecule has 36 heavy (non-hydrogen) atoms. The first-order valence-corrected chi connectivity index (χ1v) is 16.7. The van der Waals surface area contributed by atoms with Gasteiger partial charge in [-0.3, -0.25) is 0 Å². The number of aliphatic hydroxyl groups excluding tert-OH is 1. The quantitative estimate of drug-likeness (QED) is 0.203. The van der Waals surface area contributed by atoms with Crippen molar-refractivity contribution in [2.24, 2.45) is 4.36 Å². The molecule has 3 atom stereocenters. The van der Waals surface area contributed by atoms with Gasteiger partial charge in [-0.2, -0.15) is 4.36 Å². The van der Waals surface area contributed by atoms with Gasteiger partial charge in [-0.15, -0.1) is 0 Å². The molecule has 0 unspecified atom stereocenters. The van der Waals surface area contributed by atoms with Crippen LogP contribution in [0.15, 0.2) is 35.0 Å². The Balaban J connectivity index is 1.79. The summed E-state index contributed by atoms with van der Waals surface area (Å²) < 4.78 is 43.8. The number of benzene rings is 2. The molecule has 8 nitrogen and oxygen atoms in total. The van der Waals surface area contributed by atoms with Crippen LogP contribution in [0.2, 0.25) is 0 Å². The summed E-state index contributed by atoms with van der Waals surface area (Å²) in [5, 5.41) is 14.1. The van der Waals surface area contributed by atoms with Crippen LogP contribution in [0.5, 0.6) is 5.75 Å². The van der Waals surface area contributed by atoms with Crippen LogP contribution in [-0.4, -0.2) is 49.2 Å². The number of halogens is 5. The maximum atomic E-state index is 14.1. The smallest absolute Gasteiger partial charge is 0.205 e. The minimum Gasteiger partial charge on any atom is -0.483 e. The van der Waals surface area contributed by atoms with Crippen LogP contribution in [-0.2, 0) is 14.5 Å². The molecule has 0 amide bonds. The summed E-state index contributed by atoms with van der Waals surface area (Å²) in [5.41, 5.74) is 2.59. The Hall–Kier alpha value is 0.100. The van der Waals surface area contributed by atoms with Crippen LogP contribution in [0.4, 0.5) is 21.6 Å². The molecular weight excluding hydrogens is 943 g/mol. The molecule has 4 rings (SSSR count). The van der Waals surface area contributed by atoms with E-state index >= 15 is 0 Å². The number of alkyl halides is 3. The third kappa shape index (κ3) is 6.13. The lowest BCUT2D eigenvalue weighted by molar-refractivity contribution is 0.0736. The molecule has 0 radical (unpaired) electrons. The van der Waals surface area contributed by atoms with Gasteiger partial charge in [0.25, 0.3) is 0 Å². The van der Waals surface area contributed by atoms with Gasteiger partial charge in [0, 0.05) is 15.4 Å². The lowest BCUT2D eigenvalue weighted by atomic mass is 10.1. The average molecular weight is 964 g/mol. The maximum absolute atomic E-state index is 14.1. The van der Waals surface area contributed by atoms with Gasteiger partial charge in [0.1, 0.15) is 29.8 Å². The number of rotatable bonds is 7. The van der Waals surface area contributed by atoms with Crippen molar-refractivity contribution in [3.05, 3.63) is 45.5 Å². The molecule has 1 saturated heterocycles. The second-order valence-electron chi connectivity index (χ2n) is 7.94. The predicted molar refractivity (Wildman–Crippen MR) is 173 cm³/mol. The fourth-order valence-corrected chi connectivity index (χ4v) is 9.08. The van der Waals surface area contributed by atoms with Crippen molar-refractivity contribution >= 4 is 128 Å². The first-order chi connectivity index (χ1) is 16.9. The summed E-state index contributed by atoms with van der Waals surface area (Å²) in [6.45, 7) is 4.18. The maximum Gasteiger partial charge on any atom is 0.205 e. The third-order valence-electron chi connectivity index (χ3n) is 5.56. The lowest BCUT2D eigenvalue weighted by Crippen LogP contribution is -2.30. The molecule has 194 valence electrons. The van der Waals surface area contributed by atoms with E-state index in [1.807, 2.05) is 19.9 Å². The monoisotopic (exact) mass is 964 g/mol. The second kappa shape index (κ2) is 11.7. The first-order valence-electron chi connectivity index (χ1n) is 10.7. The van der Waals surface area contributed by atoms with Gasteiger partial charge >= 0.3 is 0 Å². The molecule has 14 heteroatoms. The molecular formula is C22H21FI4N4O4S. The van der Waals surface area contributed by atoms with Gasteiger partial charge in [0.2, 0.25) is -1.23 Å². The molecule has 2 N–H and O–H groups in total. The van der Waals surface area contributed by atoms with E-state index in [2.05, 4.69) is 106 Å². The molecule has 1 aromatic heterocycles. The van der Waals surface area contributed by atoms with Gasteiger partial charge in [0.15, 0.2) is 6.10 Å². The van der Waals surface area contributed by atoms with E-state index in [4.69, 9.17) is 13.8 Å². The van der Waals surface area contributed by atoms with Gasteiger partial charge in [-0.25, -0.2) is 18.6 Å². The second-order valence-corrected chi connectivity index (χ2v) is 24.9. The van der Waals surface area contributed by atoms with E-state index < -0.39 is 26.5 Å². The van der Waals surface area contributed by atoms with Crippen LogP contribution in [0.1, 0.15) is 12.5 Å². The van der Waals surface area contributed by atoms with Gasteiger partial charge in [-0.1, -0.05) is 6.92 Å². The fourth-order valence-electron chi connectivity index (χ4n) is 3.51. The van der Waals surface area contributed by atoms with Crippen molar-refractivity contribution in [2.75, 3.05) is 24.3 Å². The molecule has 0 aliphatic carbocycles. The number of hydrogen-bond donors (Lipinski definition) is 2. The standard InChI is InChI=1S/C22H21FI4N4O4S/c1-3-36(33,22(25,26)27)31-14-7-15-19(20(24)11(14)2)21(29-10-28-15)30-13-5-4-12(23)6-17(13)35-18-9-34-8-16(18)32/h4-7,10,16,18,32H,3,8-9H2,1-2H3,(H,28,29,30)/t16-,18-,36+/m0/s1. The number of hydrogen-bond acceptors (Lipinski definition) is 8. The third-order valence-corrected chi connectivity index (χ3v) is 15.1. The summed E-state index contributed by atoms with van der Waals surface area (Å²) >= 11 is 8.72. The molecule has 0 bridgehead atoms. The highest BCUT2D eigenvalue weighted by Crippen LogP contribution is 2.45. The summed E-state index contributed by atoms with van der Waals surface area (Å²) in [7, 11) is -2.55. The highest BCUT2D eigenvalue weighted by atomic mass is 127. The number of anilines is 2. The van der Waals surface area contributed by atoms with Crippen LogP contribution >= 0.6 is 90.4 Å². The highest BCUT2D eigenvalue weighted by Gasteiger charge is 2.32. The highest BCUT2D eigenvalue weighted by molar-refractivity contribution is 14.3. The van der Waals surface area contributed by atoms with Crippen molar-refractivity contribution in [1.82, 2.24) is 9.97 Å². The Morgan fingerprint density at radius 1 is 1.31 bits per heavy atom. The summed E-state index contributed by atoms with van der Waals surface area (Å²) in [4.78, 5) is 8.87. The van der Waals surface area contributed by atoms with Crippen molar-refractivity contribution in [1.29, 1.82) is 0 Å². The molecule has 1 fully saturated rings. The van der Waals surface area contributed by atoms with Crippen LogP contribution < -0.4 is 10.1 Å². The van der Waals surface area contributed by atoms with Gasteiger partial charge < -0.3 is 19.9 Å².